The van der Waals surface area contributed by atoms with Crippen molar-refractivity contribution in [1.82, 2.24) is 20.4 Å². The molecule has 3 heterocycles. The van der Waals surface area contributed by atoms with Crippen LogP contribution in [0.2, 0.25) is 0 Å². The first-order valence-electron chi connectivity index (χ1n) is 8.07. The third kappa shape index (κ3) is 2.61. The minimum atomic E-state index is -0.0135. The second-order valence-electron chi connectivity index (χ2n) is 6.63. The molecule has 0 aliphatic carbocycles. The van der Waals surface area contributed by atoms with Crippen LogP contribution in [0.4, 0.5) is 0 Å². The molecule has 118 valence electrons. The SMILES string of the molecule is Cc1ccc2ccc(-c3nc(C4(C)CCNCC4)no3)nc2c1. The molecule has 0 radical (unpaired) electrons. The van der Waals surface area contributed by atoms with Gasteiger partial charge in [0.1, 0.15) is 5.69 Å². The van der Waals surface area contributed by atoms with E-state index in [0.29, 0.717) is 5.89 Å². The van der Waals surface area contributed by atoms with Crippen molar-refractivity contribution in [3.8, 4) is 11.6 Å². The normalized spacial score (nSPS) is 17.5. The molecule has 1 aromatic carbocycles. The number of nitrogens with one attached hydrogen (secondary N) is 1. The predicted octanol–water partition coefficient (Wildman–Crippen LogP) is 3.23. The number of aryl methyl sites for hydroxylation is 1. The Labute approximate surface area is 135 Å². The third-order valence-corrected chi connectivity index (χ3v) is 4.74. The molecule has 1 N–H and O–H groups in total. The fourth-order valence-electron chi connectivity index (χ4n) is 3.12. The summed E-state index contributed by atoms with van der Waals surface area (Å²) >= 11 is 0. The maximum Gasteiger partial charge on any atom is 0.276 e. The van der Waals surface area contributed by atoms with Crippen molar-refractivity contribution in [2.45, 2.75) is 32.1 Å². The Kier molecular flexibility index (Phi) is 3.38. The highest BCUT2D eigenvalue weighted by atomic mass is 16.5. The highest BCUT2D eigenvalue weighted by Gasteiger charge is 2.33. The zero-order chi connectivity index (χ0) is 15.9. The maximum atomic E-state index is 5.50. The fraction of sp³-hybridized carbons (Fsp3) is 0.389. The van der Waals surface area contributed by atoms with Gasteiger partial charge in [-0.2, -0.15) is 4.98 Å². The van der Waals surface area contributed by atoms with Crippen LogP contribution < -0.4 is 5.32 Å². The van der Waals surface area contributed by atoms with Crippen LogP contribution in [0.15, 0.2) is 34.9 Å². The minimum Gasteiger partial charge on any atom is -0.332 e. The molecule has 0 amide bonds. The summed E-state index contributed by atoms with van der Waals surface area (Å²) in [6.07, 6.45) is 2.05. The number of fused-ring (bicyclic) bond motifs is 1. The summed E-state index contributed by atoms with van der Waals surface area (Å²) in [4.78, 5) is 9.32. The van der Waals surface area contributed by atoms with Crippen molar-refractivity contribution in [2.75, 3.05) is 13.1 Å². The van der Waals surface area contributed by atoms with Gasteiger partial charge in [-0.3, -0.25) is 0 Å². The van der Waals surface area contributed by atoms with Gasteiger partial charge in [-0.1, -0.05) is 30.3 Å². The zero-order valence-corrected chi connectivity index (χ0v) is 13.5. The number of rotatable bonds is 2. The van der Waals surface area contributed by atoms with E-state index >= 15 is 0 Å². The van der Waals surface area contributed by atoms with E-state index in [1.807, 2.05) is 12.1 Å². The Morgan fingerprint density at radius 3 is 2.70 bits per heavy atom. The number of pyridine rings is 1. The molecule has 1 saturated heterocycles. The second-order valence-corrected chi connectivity index (χ2v) is 6.63. The Morgan fingerprint density at radius 1 is 1.09 bits per heavy atom. The molecule has 1 aliphatic heterocycles. The van der Waals surface area contributed by atoms with E-state index in [4.69, 9.17) is 4.52 Å². The van der Waals surface area contributed by atoms with Crippen molar-refractivity contribution in [3.63, 3.8) is 0 Å². The third-order valence-electron chi connectivity index (χ3n) is 4.74. The quantitative estimate of drug-likeness (QED) is 0.787. The number of aromatic nitrogens is 3. The van der Waals surface area contributed by atoms with Gasteiger partial charge in [-0.05, 0) is 50.6 Å². The molecular formula is C18H20N4O. The largest absolute Gasteiger partial charge is 0.332 e. The van der Waals surface area contributed by atoms with Crippen molar-refractivity contribution >= 4 is 10.9 Å². The Hall–Kier alpha value is -2.27. The lowest BCUT2D eigenvalue weighted by Crippen LogP contribution is -2.38. The van der Waals surface area contributed by atoms with Gasteiger partial charge in [0.15, 0.2) is 5.82 Å². The van der Waals surface area contributed by atoms with Gasteiger partial charge >= 0.3 is 0 Å². The molecule has 1 fully saturated rings. The first-order chi connectivity index (χ1) is 11.1. The van der Waals surface area contributed by atoms with Crippen LogP contribution in [0, 0.1) is 6.92 Å². The maximum absolute atomic E-state index is 5.50. The van der Waals surface area contributed by atoms with Gasteiger partial charge < -0.3 is 9.84 Å². The first kappa shape index (κ1) is 14.3. The fourth-order valence-corrected chi connectivity index (χ4v) is 3.12. The van der Waals surface area contributed by atoms with E-state index < -0.39 is 0 Å². The average molecular weight is 308 g/mol. The molecule has 0 spiro atoms. The van der Waals surface area contributed by atoms with Gasteiger partial charge in [-0.15, -0.1) is 0 Å². The summed E-state index contributed by atoms with van der Waals surface area (Å²) in [6, 6.07) is 10.2. The summed E-state index contributed by atoms with van der Waals surface area (Å²) in [5.41, 5.74) is 2.87. The average Bonchev–Trinajstić information content (AvgIpc) is 3.06. The van der Waals surface area contributed by atoms with Crippen LogP contribution in [0.25, 0.3) is 22.5 Å². The molecule has 0 unspecified atom stereocenters. The van der Waals surface area contributed by atoms with E-state index in [9.17, 15) is 0 Å². The number of piperidine rings is 1. The van der Waals surface area contributed by atoms with Crippen LogP contribution in [0.3, 0.4) is 0 Å². The molecule has 1 aliphatic rings. The smallest absolute Gasteiger partial charge is 0.276 e. The zero-order valence-electron chi connectivity index (χ0n) is 13.5. The summed E-state index contributed by atoms with van der Waals surface area (Å²) in [5.74, 6) is 1.29. The minimum absolute atomic E-state index is 0.0135. The molecule has 0 atom stereocenters. The van der Waals surface area contributed by atoms with Crippen LogP contribution in [0.5, 0.6) is 0 Å². The molecule has 2 aromatic heterocycles. The monoisotopic (exact) mass is 308 g/mol. The van der Waals surface area contributed by atoms with E-state index in [1.54, 1.807) is 0 Å². The van der Waals surface area contributed by atoms with Gasteiger partial charge in [0, 0.05) is 10.8 Å². The standard InChI is InChI=1S/C18H20N4O/c1-12-3-4-13-5-6-14(20-15(13)11-12)16-21-17(22-23-16)18(2)7-9-19-10-8-18/h3-6,11,19H,7-10H2,1-2H3. The number of hydrogen-bond donors (Lipinski definition) is 1. The van der Waals surface area contributed by atoms with Gasteiger partial charge in [0.2, 0.25) is 0 Å². The van der Waals surface area contributed by atoms with Gasteiger partial charge in [-0.25, -0.2) is 4.98 Å². The van der Waals surface area contributed by atoms with Gasteiger partial charge in [0.25, 0.3) is 5.89 Å². The van der Waals surface area contributed by atoms with Gasteiger partial charge in [0.05, 0.1) is 5.52 Å². The topological polar surface area (TPSA) is 63.8 Å². The summed E-state index contributed by atoms with van der Waals surface area (Å²) in [5, 5.41) is 8.72. The number of nitrogens with zero attached hydrogens (tertiary/aromatic N) is 3. The molecule has 3 aromatic rings. The molecule has 23 heavy (non-hydrogen) atoms. The van der Waals surface area contributed by atoms with E-state index in [2.05, 4.69) is 52.5 Å². The molecule has 4 rings (SSSR count). The number of benzene rings is 1. The Morgan fingerprint density at radius 2 is 1.87 bits per heavy atom. The van der Waals surface area contributed by atoms with Crippen LogP contribution in [0.1, 0.15) is 31.2 Å². The lowest BCUT2D eigenvalue weighted by atomic mass is 9.80. The van der Waals surface area contributed by atoms with Crippen LogP contribution >= 0.6 is 0 Å². The highest BCUT2D eigenvalue weighted by Crippen LogP contribution is 2.32. The predicted molar refractivity (Wildman–Crippen MR) is 89.2 cm³/mol. The van der Waals surface area contributed by atoms with Crippen LogP contribution in [-0.4, -0.2) is 28.2 Å². The lowest BCUT2D eigenvalue weighted by Gasteiger charge is -2.30. The van der Waals surface area contributed by atoms with E-state index in [0.717, 1.165) is 48.4 Å². The summed E-state index contributed by atoms with van der Waals surface area (Å²) < 4.78 is 5.50. The number of hydrogen-bond acceptors (Lipinski definition) is 5. The van der Waals surface area contributed by atoms with Crippen molar-refractivity contribution < 1.29 is 4.52 Å². The lowest BCUT2D eigenvalue weighted by molar-refractivity contribution is 0.303. The molecule has 0 saturated carbocycles. The molecule has 5 nitrogen and oxygen atoms in total. The Bertz CT molecular complexity index is 849. The van der Waals surface area contributed by atoms with Crippen molar-refractivity contribution in [3.05, 3.63) is 41.7 Å². The molecule has 0 bridgehead atoms. The molecular weight excluding hydrogens is 288 g/mol. The van der Waals surface area contributed by atoms with E-state index in [-0.39, 0.29) is 5.41 Å². The first-order valence-corrected chi connectivity index (χ1v) is 8.07. The highest BCUT2D eigenvalue weighted by molar-refractivity contribution is 5.81. The Balaban J connectivity index is 1.71. The summed E-state index contributed by atoms with van der Waals surface area (Å²) in [6.45, 7) is 6.26. The second kappa shape index (κ2) is 5.42. The van der Waals surface area contributed by atoms with Crippen molar-refractivity contribution in [2.24, 2.45) is 0 Å². The van der Waals surface area contributed by atoms with E-state index in [1.165, 1.54) is 5.56 Å². The van der Waals surface area contributed by atoms with Crippen LogP contribution in [-0.2, 0) is 5.41 Å². The van der Waals surface area contributed by atoms with Crippen molar-refractivity contribution in [1.29, 1.82) is 0 Å². The molecule has 5 heteroatoms. The summed E-state index contributed by atoms with van der Waals surface area (Å²) in [7, 11) is 0.